The van der Waals surface area contributed by atoms with Crippen LogP contribution >= 0.6 is 39.5 Å². The highest BCUT2D eigenvalue weighted by Crippen LogP contribution is 2.59. The van der Waals surface area contributed by atoms with Crippen LogP contribution in [0.3, 0.4) is 0 Å². The van der Waals surface area contributed by atoms with Crippen molar-refractivity contribution in [3.63, 3.8) is 0 Å². The molecule has 39 heavy (non-hydrogen) atoms. The maximum atomic E-state index is 14.2. The molecule has 192 valence electrons. The number of Topliss-reactive ketones (excluding diaryl/α,β-unsaturated/α-hetero) is 1. The Hall–Kier alpha value is -3.59. The molecule has 1 fully saturated rings. The number of ketones is 1. The summed E-state index contributed by atoms with van der Waals surface area (Å²) in [6, 6.07) is 34.5. The Morgan fingerprint density at radius 3 is 2.13 bits per heavy atom. The summed E-state index contributed by atoms with van der Waals surface area (Å²) in [6.45, 7) is 2.02. The van der Waals surface area contributed by atoms with Gasteiger partial charge in [-0.25, -0.2) is 5.01 Å². The number of carbonyl (C=O) groups excluding carboxylic acids is 2. The molecular formula is C31H22BrN3O2S2. The minimum absolute atomic E-state index is 0.151. The third-order valence-electron chi connectivity index (χ3n) is 6.32. The van der Waals surface area contributed by atoms with Gasteiger partial charge in [-0.1, -0.05) is 106 Å². The Morgan fingerprint density at radius 2 is 1.46 bits per heavy atom. The molecule has 8 heteroatoms. The summed E-state index contributed by atoms with van der Waals surface area (Å²) in [4.78, 5) is 30.1. The van der Waals surface area contributed by atoms with E-state index in [2.05, 4.69) is 15.9 Å². The number of rotatable bonds is 5. The van der Waals surface area contributed by atoms with E-state index in [-0.39, 0.29) is 11.7 Å². The zero-order valence-corrected chi connectivity index (χ0v) is 24.0. The van der Waals surface area contributed by atoms with Gasteiger partial charge in [0, 0.05) is 15.7 Å². The summed E-state index contributed by atoms with van der Waals surface area (Å²) in [5.74, 6) is -0.330. The van der Waals surface area contributed by atoms with E-state index in [9.17, 15) is 9.59 Å². The van der Waals surface area contributed by atoms with Crippen molar-refractivity contribution in [2.45, 2.75) is 11.3 Å². The standard InChI is InChI=1S/C31H22BrN3O2S2/c1-21-12-18-26(19-13-21)35-31(39-29(33-35)28(36)23-8-4-2-5-9-23)34(25-10-6-3-7-11-25)30(37)27(38-31)20-22-14-16-24(32)17-15-22/h2-20H,1H3/b27-20+. The third kappa shape index (κ3) is 4.84. The average molecular weight is 613 g/mol. The number of amides is 1. The van der Waals surface area contributed by atoms with Gasteiger partial charge in [0.1, 0.15) is 0 Å². The summed E-state index contributed by atoms with van der Waals surface area (Å²) in [7, 11) is 0. The summed E-state index contributed by atoms with van der Waals surface area (Å²) in [5.41, 5.74) is 4.08. The van der Waals surface area contributed by atoms with Crippen LogP contribution in [-0.4, -0.2) is 21.1 Å². The van der Waals surface area contributed by atoms with Gasteiger partial charge in [-0.3, -0.25) is 14.5 Å². The first-order valence-electron chi connectivity index (χ1n) is 12.2. The van der Waals surface area contributed by atoms with E-state index in [1.54, 1.807) is 17.0 Å². The quantitative estimate of drug-likeness (QED) is 0.169. The maximum absolute atomic E-state index is 14.2. The van der Waals surface area contributed by atoms with E-state index in [0.717, 1.165) is 27.0 Å². The minimum Gasteiger partial charge on any atom is -0.286 e. The van der Waals surface area contributed by atoms with Crippen molar-refractivity contribution in [2.75, 3.05) is 9.91 Å². The van der Waals surface area contributed by atoms with Gasteiger partial charge in [0.2, 0.25) is 10.1 Å². The van der Waals surface area contributed by atoms with Crippen LogP contribution in [-0.2, 0) is 4.79 Å². The highest BCUT2D eigenvalue weighted by atomic mass is 79.9. The lowest BCUT2D eigenvalue weighted by Crippen LogP contribution is -2.51. The molecular weight excluding hydrogens is 590 g/mol. The highest BCUT2D eigenvalue weighted by molar-refractivity contribution is 9.10. The number of benzene rings is 4. The molecule has 1 unspecified atom stereocenters. The number of para-hydroxylation sites is 1. The van der Waals surface area contributed by atoms with E-state index in [0.29, 0.717) is 15.5 Å². The minimum atomic E-state index is -1.07. The second-order valence-corrected chi connectivity index (χ2v) is 12.6. The molecule has 1 saturated heterocycles. The summed E-state index contributed by atoms with van der Waals surface area (Å²) in [6.07, 6.45) is 1.90. The van der Waals surface area contributed by atoms with Crippen LogP contribution in [0.2, 0.25) is 0 Å². The van der Waals surface area contributed by atoms with Crippen LogP contribution in [0.15, 0.2) is 124 Å². The number of anilines is 2. The lowest BCUT2D eigenvalue weighted by atomic mass is 10.1. The topological polar surface area (TPSA) is 53.0 Å². The zero-order valence-electron chi connectivity index (χ0n) is 20.8. The van der Waals surface area contributed by atoms with Crippen molar-refractivity contribution in [1.29, 1.82) is 0 Å². The fourth-order valence-electron chi connectivity index (χ4n) is 4.39. The molecule has 1 amide bonds. The molecule has 0 saturated carbocycles. The Balaban J connectivity index is 1.51. The Kier molecular flexibility index (Phi) is 6.93. The Labute approximate surface area is 243 Å². The average Bonchev–Trinajstić information content (AvgIpc) is 3.47. The van der Waals surface area contributed by atoms with Crippen LogP contribution < -0.4 is 9.91 Å². The van der Waals surface area contributed by atoms with E-state index in [1.807, 2.05) is 115 Å². The normalized spacial score (nSPS) is 19.7. The molecule has 5 nitrogen and oxygen atoms in total. The van der Waals surface area contributed by atoms with Gasteiger partial charge in [-0.15, -0.1) is 0 Å². The molecule has 2 heterocycles. The number of nitrogens with zero attached hydrogens (tertiary/aromatic N) is 3. The van der Waals surface area contributed by atoms with Crippen LogP contribution in [0.25, 0.3) is 6.08 Å². The Morgan fingerprint density at radius 1 is 0.821 bits per heavy atom. The highest BCUT2D eigenvalue weighted by Gasteiger charge is 2.60. The molecule has 0 bridgehead atoms. The number of carbonyl (C=O) groups is 2. The second-order valence-electron chi connectivity index (χ2n) is 9.04. The first kappa shape index (κ1) is 25.7. The lowest BCUT2D eigenvalue weighted by molar-refractivity contribution is -0.114. The van der Waals surface area contributed by atoms with Crippen molar-refractivity contribution in [3.8, 4) is 0 Å². The number of hydrazone groups is 1. The van der Waals surface area contributed by atoms with Crippen molar-refractivity contribution in [2.24, 2.45) is 5.10 Å². The molecule has 1 spiro atoms. The molecule has 6 rings (SSSR count). The Bertz CT molecular complexity index is 1610. The largest absolute Gasteiger partial charge is 0.286 e. The molecule has 4 aromatic carbocycles. The van der Waals surface area contributed by atoms with Gasteiger partial charge in [-0.05, 0) is 66.7 Å². The van der Waals surface area contributed by atoms with Crippen molar-refractivity contribution in [1.82, 2.24) is 0 Å². The van der Waals surface area contributed by atoms with Crippen LogP contribution in [0, 0.1) is 6.92 Å². The zero-order chi connectivity index (χ0) is 27.0. The summed E-state index contributed by atoms with van der Waals surface area (Å²) < 4.78 is -0.110. The van der Waals surface area contributed by atoms with Gasteiger partial charge in [0.25, 0.3) is 5.91 Å². The molecule has 0 aliphatic carbocycles. The fraction of sp³-hybridized carbons (Fsp3) is 0.0645. The van der Waals surface area contributed by atoms with E-state index in [4.69, 9.17) is 5.10 Å². The molecule has 2 aliphatic rings. The lowest BCUT2D eigenvalue weighted by Gasteiger charge is -2.38. The number of hydrogen-bond acceptors (Lipinski definition) is 6. The molecule has 0 radical (unpaired) electrons. The molecule has 0 aromatic heterocycles. The monoisotopic (exact) mass is 611 g/mol. The SMILES string of the molecule is Cc1ccc(N2N=C(C(=O)c3ccccc3)SC23S/C(=C/c2ccc(Br)cc2)C(=O)N3c2ccccc2)cc1. The molecule has 4 aromatic rings. The summed E-state index contributed by atoms with van der Waals surface area (Å²) >= 11 is 6.18. The number of hydrogen-bond donors (Lipinski definition) is 0. The predicted octanol–water partition coefficient (Wildman–Crippen LogP) is 7.94. The van der Waals surface area contributed by atoms with Gasteiger partial charge < -0.3 is 0 Å². The smallest absolute Gasteiger partial charge is 0.268 e. The van der Waals surface area contributed by atoms with Gasteiger partial charge >= 0.3 is 0 Å². The molecule has 0 N–H and O–H groups in total. The van der Waals surface area contributed by atoms with Crippen molar-refractivity contribution in [3.05, 3.63) is 135 Å². The maximum Gasteiger partial charge on any atom is 0.268 e. The first-order valence-corrected chi connectivity index (χ1v) is 14.7. The summed E-state index contributed by atoms with van der Waals surface area (Å²) in [5, 5.41) is 7.02. The van der Waals surface area contributed by atoms with Gasteiger partial charge in [0.15, 0.2) is 5.04 Å². The van der Waals surface area contributed by atoms with Gasteiger partial charge in [0.05, 0.1) is 10.6 Å². The van der Waals surface area contributed by atoms with Crippen molar-refractivity contribution < 1.29 is 9.59 Å². The van der Waals surface area contributed by atoms with Crippen LogP contribution in [0.4, 0.5) is 11.4 Å². The van der Waals surface area contributed by atoms with Crippen LogP contribution in [0.1, 0.15) is 21.5 Å². The number of aryl methyl sites for hydroxylation is 1. The first-order chi connectivity index (χ1) is 18.9. The van der Waals surface area contributed by atoms with Crippen molar-refractivity contribution >= 4 is 73.6 Å². The number of thioether (sulfide) groups is 2. The predicted molar refractivity (Wildman–Crippen MR) is 166 cm³/mol. The van der Waals surface area contributed by atoms with E-state index < -0.39 is 4.33 Å². The third-order valence-corrected chi connectivity index (χ3v) is 9.56. The van der Waals surface area contributed by atoms with Gasteiger partial charge in [-0.2, -0.15) is 5.10 Å². The second kappa shape index (κ2) is 10.5. The fourth-order valence-corrected chi connectivity index (χ4v) is 7.60. The van der Waals surface area contributed by atoms with E-state index >= 15 is 0 Å². The molecule has 2 aliphatic heterocycles. The van der Waals surface area contributed by atoms with E-state index in [1.165, 1.54) is 23.5 Å². The molecule has 1 atom stereocenters. The number of halogens is 1. The van der Waals surface area contributed by atoms with Crippen LogP contribution in [0.5, 0.6) is 0 Å².